The maximum Gasteiger partial charge on any atom is 0.255 e. The number of nitrogens with one attached hydrogen (secondary N) is 1. The van der Waals surface area contributed by atoms with E-state index in [4.69, 9.17) is 4.74 Å². The standard InChI is InChI=1S/C19H22N2O4/c1-11-5-8-15(18(23)20-11)21-10-12-9-13(6-7-14(12)19(21)24)25-17-4-2-3-16(17)22/h6-7,9,15-17,22H,1-5,8,10H2,(H,20,23)/t15?,16-,17+/m0/s1. The molecule has 1 unspecified atom stereocenters. The number of allylic oxidation sites excluding steroid dienone is 1. The third kappa shape index (κ3) is 2.91. The molecule has 2 aliphatic heterocycles. The average molecular weight is 342 g/mol. The van der Waals surface area contributed by atoms with Crippen molar-refractivity contribution in [3.63, 3.8) is 0 Å². The van der Waals surface area contributed by atoms with E-state index < -0.39 is 12.1 Å². The summed E-state index contributed by atoms with van der Waals surface area (Å²) in [4.78, 5) is 26.5. The highest BCUT2D eigenvalue weighted by molar-refractivity contribution is 6.01. The molecule has 132 valence electrons. The van der Waals surface area contributed by atoms with Crippen LogP contribution in [0.15, 0.2) is 30.5 Å². The van der Waals surface area contributed by atoms with Crippen LogP contribution in [0.4, 0.5) is 0 Å². The zero-order chi connectivity index (χ0) is 17.6. The Kier molecular flexibility index (Phi) is 4.00. The van der Waals surface area contributed by atoms with Gasteiger partial charge in [0.25, 0.3) is 5.91 Å². The number of carbonyl (C=O) groups is 2. The fraction of sp³-hybridized carbons (Fsp3) is 0.474. The number of benzene rings is 1. The number of hydrogen-bond donors (Lipinski definition) is 2. The predicted octanol–water partition coefficient (Wildman–Crippen LogP) is 1.73. The van der Waals surface area contributed by atoms with Crippen molar-refractivity contribution in [1.82, 2.24) is 10.2 Å². The van der Waals surface area contributed by atoms with Gasteiger partial charge in [-0.3, -0.25) is 9.59 Å². The van der Waals surface area contributed by atoms with E-state index in [-0.39, 0.29) is 17.9 Å². The van der Waals surface area contributed by atoms with Gasteiger partial charge in [-0.1, -0.05) is 6.58 Å². The Labute approximate surface area is 146 Å². The van der Waals surface area contributed by atoms with Gasteiger partial charge in [0, 0.05) is 17.8 Å². The van der Waals surface area contributed by atoms with Crippen molar-refractivity contribution in [2.24, 2.45) is 0 Å². The van der Waals surface area contributed by atoms with Gasteiger partial charge in [-0.25, -0.2) is 0 Å². The van der Waals surface area contributed by atoms with Gasteiger partial charge in [0.15, 0.2) is 0 Å². The Bertz CT molecular complexity index is 745. The lowest BCUT2D eigenvalue weighted by atomic mass is 10.0. The number of rotatable bonds is 3. The van der Waals surface area contributed by atoms with Crippen molar-refractivity contribution in [2.45, 2.75) is 56.9 Å². The van der Waals surface area contributed by atoms with E-state index in [1.807, 2.05) is 6.07 Å². The van der Waals surface area contributed by atoms with Gasteiger partial charge in [-0.05, 0) is 55.9 Å². The highest BCUT2D eigenvalue weighted by atomic mass is 16.5. The maximum atomic E-state index is 12.7. The minimum atomic E-state index is -0.452. The SMILES string of the molecule is C=C1CCC(N2Cc3cc(O[C@@H]4CCC[C@@H]4O)ccc3C2=O)C(=O)N1. The molecule has 6 heteroatoms. The van der Waals surface area contributed by atoms with E-state index in [1.54, 1.807) is 17.0 Å². The zero-order valence-corrected chi connectivity index (χ0v) is 14.0. The van der Waals surface area contributed by atoms with Gasteiger partial charge in [-0.15, -0.1) is 0 Å². The Balaban J connectivity index is 1.51. The summed E-state index contributed by atoms with van der Waals surface area (Å²) in [6, 6.07) is 4.94. The number of carbonyl (C=O) groups excluding carboxylic acids is 2. The molecule has 2 N–H and O–H groups in total. The molecule has 2 amide bonds. The summed E-state index contributed by atoms with van der Waals surface area (Å²) in [5.74, 6) is 0.388. The van der Waals surface area contributed by atoms with E-state index in [9.17, 15) is 14.7 Å². The first-order valence-electron chi connectivity index (χ1n) is 8.80. The molecule has 4 rings (SSSR count). The summed E-state index contributed by atoms with van der Waals surface area (Å²) in [5.41, 5.74) is 2.19. The van der Waals surface area contributed by atoms with Crippen LogP contribution in [0.2, 0.25) is 0 Å². The molecule has 3 atom stereocenters. The number of fused-ring (bicyclic) bond motifs is 1. The lowest BCUT2D eigenvalue weighted by Gasteiger charge is -2.30. The van der Waals surface area contributed by atoms with Crippen LogP contribution >= 0.6 is 0 Å². The van der Waals surface area contributed by atoms with E-state index >= 15 is 0 Å². The summed E-state index contributed by atoms with van der Waals surface area (Å²) in [7, 11) is 0. The number of piperidine rings is 1. The summed E-state index contributed by atoms with van der Waals surface area (Å²) >= 11 is 0. The smallest absolute Gasteiger partial charge is 0.255 e. The van der Waals surface area contributed by atoms with E-state index in [0.717, 1.165) is 24.8 Å². The highest BCUT2D eigenvalue weighted by Gasteiger charge is 2.38. The van der Waals surface area contributed by atoms with Crippen molar-refractivity contribution in [2.75, 3.05) is 0 Å². The normalized spacial score (nSPS) is 28.9. The predicted molar refractivity (Wildman–Crippen MR) is 90.9 cm³/mol. The topological polar surface area (TPSA) is 78.9 Å². The Morgan fingerprint density at radius 2 is 2.08 bits per heavy atom. The zero-order valence-electron chi connectivity index (χ0n) is 14.0. The molecule has 1 saturated heterocycles. The Morgan fingerprint density at radius 1 is 1.24 bits per heavy atom. The quantitative estimate of drug-likeness (QED) is 0.877. The van der Waals surface area contributed by atoms with Gasteiger partial charge in [0.05, 0.1) is 6.10 Å². The number of aliphatic hydroxyl groups is 1. The molecule has 3 aliphatic rings. The van der Waals surface area contributed by atoms with Crippen LogP contribution in [0.5, 0.6) is 5.75 Å². The number of ether oxygens (including phenoxy) is 1. The largest absolute Gasteiger partial charge is 0.488 e. The molecule has 1 aromatic rings. The summed E-state index contributed by atoms with van der Waals surface area (Å²) in [5, 5.41) is 12.6. The fourth-order valence-corrected chi connectivity index (χ4v) is 3.92. The maximum absolute atomic E-state index is 12.7. The van der Waals surface area contributed by atoms with Crippen molar-refractivity contribution >= 4 is 11.8 Å². The van der Waals surface area contributed by atoms with Crippen LogP contribution in [0.25, 0.3) is 0 Å². The Hall–Kier alpha value is -2.34. The first kappa shape index (κ1) is 16.1. The van der Waals surface area contributed by atoms with E-state index in [0.29, 0.717) is 36.4 Å². The molecule has 2 fully saturated rings. The number of hydrogen-bond acceptors (Lipinski definition) is 4. The number of amides is 2. The average Bonchev–Trinajstić information content (AvgIpc) is 3.12. The first-order valence-corrected chi connectivity index (χ1v) is 8.80. The van der Waals surface area contributed by atoms with Crippen LogP contribution < -0.4 is 10.1 Å². The summed E-state index contributed by atoms with van der Waals surface area (Å²) < 4.78 is 5.89. The fourth-order valence-electron chi connectivity index (χ4n) is 3.92. The van der Waals surface area contributed by atoms with Crippen LogP contribution in [0, 0.1) is 0 Å². The second-order valence-corrected chi connectivity index (χ2v) is 7.05. The minimum absolute atomic E-state index is 0.116. The van der Waals surface area contributed by atoms with Crippen LogP contribution in [-0.2, 0) is 11.3 Å². The molecule has 2 heterocycles. The van der Waals surface area contributed by atoms with Gasteiger partial charge < -0.3 is 20.1 Å². The van der Waals surface area contributed by atoms with Gasteiger partial charge in [0.2, 0.25) is 5.91 Å². The summed E-state index contributed by atoms with van der Waals surface area (Å²) in [6.45, 7) is 4.18. The van der Waals surface area contributed by atoms with Crippen molar-refractivity contribution in [3.05, 3.63) is 41.6 Å². The number of nitrogens with zero attached hydrogens (tertiary/aromatic N) is 1. The molecule has 0 radical (unpaired) electrons. The highest BCUT2D eigenvalue weighted by Crippen LogP contribution is 2.32. The molecule has 25 heavy (non-hydrogen) atoms. The molecule has 1 aliphatic carbocycles. The minimum Gasteiger partial charge on any atom is -0.488 e. The van der Waals surface area contributed by atoms with Crippen molar-refractivity contribution < 1.29 is 19.4 Å². The summed E-state index contributed by atoms with van der Waals surface area (Å²) in [6.07, 6.45) is 3.25. The molecule has 0 bridgehead atoms. The molecule has 0 aromatic heterocycles. The molecule has 1 saturated carbocycles. The monoisotopic (exact) mass is 342 g/mol. The molecular formula is C19H22N2O4. The molecular weight excluding hydrogens is 320 g/mol. The molecule has 0 spiro atoms. The van der Waals surface area contributed by atoms with E-state index in [2.05, 4.69) is 11.9 Å². The van der Waals surface area contributed by atoms with Gasteiger partial charge in [-0.2, -0.15) is 0 Å². The van der Waals surface area contributed by atoms with Crippen molar-refractivity contribution in [1.29, 1.82) is 0 Å². The second kappa shape index (κ2) is 6.19. The number of aliphatic hydroxyl groups excluding tert-OH is 1. The molecule has 6 nitrogen and oxygen atoms in total. The van der Waals surface area contributed by atoms with Crippen LogP contribution in [0.3, 0.4) is 0 Å². The first-order chi connectivity index (χ1) is 12.0. The lowest BCUT2D eigenvalue weighted by molar-refractivity contribution is -0.126. The third-order valence-electron chi connectivity index (χ3n) is 5.31. The van der Waals surface area contributed by atoms with Crippen LogP contribution in [0.1, 0.15) is 48.0 Å². The third-order valence-corrected chi connectivity index (χ3v) is 5.31. The van der Waals surface area contributed by atoms with E-state index in [1.165, 1.54) is 0 Å². The van der Waals surface area contributed by atoms with Gasteiger partial charge in [0.1, 0.15) is 17.9 Å². The van der Waals surface area contributed by atoms with Gasteiger partial charge >= 0.3 is 0 Å². The Morgan fingerprint density at radius 3 is 2.80 bits per heavy atom. The second-order valence-electron chi connectivity index (χ2n) is 7.05. The van der Waals surface area contributed by atoms with Crippen molar-refractivity contribution in [3.8, 4) is 5.75 Å². The molecule has 1 aromatic carbocycles. The lowest BCUT2D eigenvalue weighted by Crippen LogP contribution is -2.49. The van der Waals surface area contributed by atoms with Crippen LogP contribution in [-0.4, -0.2) is 40.1 Å².